The lowest BCUT2D eigenvalue weighted by Crippen LogP contribution is -1.96. The predicted octanol–water partition coefficient (Wildman–Crippen LogP) is 2.63. The molecule has 1 rings (SSSR count). The van der Waals surface area contributed by atoms with Gasteiger partial charge in [0, 0.05) is 12.0 Å². The molecule has 0 aliphatic carbocycles. The summed E-state index contributed by atoms with van der Waals surface area (Å²) in [5, 5.41) is 0. The minimum Gasteiger partial charge on any atom is -0.303 e. The fourth-order valence-corrected chi connectivity index (χ4v) is 1.23. The van der Waals surface area contributed by atoms with Crippen LogP contribution in [-0.4, -0.2) is 12.1 Å². The Labute approximate surface area is 87.4 Å². The second kappa shape index (κ2) is 5.20. The number of Topliss-reactive ketones (excluding diaryl/α,β-unsaturated/α-hetero) is 1. The highest BCUT2D eigenvalue weighted by atomic mass is 19.1. The molecule has 0 saturated heterocycles. The fraction of sp³-hybridized carbons (Fsp3) is 0.167. The number of carbonyl (C=O) groups excluding carboxylic acids is 2. The van der Waals surface area contributed by atoms with Crippen LogP contribution >= 0.6 is 0 Å². The van der Waals surface area contributed by atoms with Gasteiger partial charge in [-0.2, -0.15) is 0 Å². The number of rotatable bonds is 4. The van der Waals surface area contributed by atoms with Gasteiger partial charge < -0.3 is 4.79 Å². The molecule has 78 valence electrons. The molecule has 3 heteroatoms. The third-order valence-corrected chi connectivity index (χ3v) is 1.92. The molecule has 0 aromatic heterocycles. The molecule has 0 fully saturated rings. The molecule has 0 saturated carbocycles. The number of aldehydes is 1. The summed E-state index contributed by atoms with van der Waals surface area (Å²) in [6, 6.07) is 4.00. The number of hydrogen-bond donors (Lipinski definition) is 0. The molecule has 0 bridgehead atoms. The van der Waals surface area contributed by atoms with E-state index in [2.05, 4.69) is 0 Å². The number of benzene rings is 1. The van der Waals surface area contributed by atoms with Crippen LogP contribution in [0.15, 0.2) is 24.3 Å². The van der Waals surface area contributed by atoms with Gasteiger partial charge in [-0.1, -0.05) is 18.2 Å². The molecule has 15 heavy (non-hydrogen) atoms. The Balaban J connectivity index is 3.05. The largest absolute Gasteiger partial charge is 0.303 e. The Hall–Kier alpha value is -1.77. The van der Waals surface area contributed by atoms with E-state index < -0.39 is 5.82 Å². The summed E-state index contributed by atoms with van der Waals surface area (Å²) in [6.45, 7) is 1.38. The van der Waals surface area contributed by atoms with E-state index in [-0.39, 0.29) is 12.2 Å². The molecular weight excluding hydrogens is 195 g/mol. The van der Waals surface area contributed by atoms with E-state index in [0.717, 1.165) is 6.29 Å². The molecule has 0 aliphatic rings. The zero-order valence-electron chi connectivity index (χ0n) is 8.37. The highest BCUT2D eigenvalue weighted by Gasteiger charge is 2.05. The quantitative estimate of drug-likeness (QED) is 0.560. The molecule has 0 spiro atoms. The predicted molar refractivity (Wildman–Crippen MR) is 56.1 cm³/mol. The van der Waals surface area contributed by atoms with Crippen LogP contribution in [0.3, 0.4) is 0 Å². The van der Waals surface area contributed by atoms with Crippen LogP contribution in [0.1, 0.15) is 29.3 Å². The van der Waals surface area contributed by atoms with E-state index in [1.54, 1.807) is 12.2 Å². The van der Waals surface area contributed by atoms with Crippen LogP contribution in [0.25, 0.3) is 6.08 Å². The molecule has 0 radical (unpaired) electrons. The maximum absolute atomic E-state index is 12.9. The molecule has 2 nitrogen and oxygen atoms in total. The summed E-state index contributed by atoms with van der Waals surface area (Å²) >= 11 is 0. The van der Waals surface area contributed by atoms with Crippen LogP contribution in [0.5, 0.6) is 0 Å². The SMILES string of the molecule is CC(=O)c1cc(F)ccc1C=CCC=O. The van der Waals surface area contributed by atoms with Crippen LogP contribution in [-0.2, 0) is 4.79 Å². The van der Waals surface area contributed by atoms with Crippen molar-refractivity contribution in [1.29, 1.82) is 0 Å². The van der Waals surface area contributed by atoms with E-state index in [9.17, 15) is 14.0 Å². The molecule has 0 unspecified atom stereocenters. The van der Waals surface area contributed by atoms with Gasteiger partial charge in [-0.25, -0.2) is 4.39 Å². The average molecular weight is 206 g/mol. The summed E-state index contributed by atoms with van der Waals surface area (Å²) in [7, 11) is 0. The maximum atomic E-state index is 12.9. The van der Waals surface area contributed by atoms with Gasteiger partial charge in [-0.15, -0.1) is 0 Å². The second-order valence-electron chi connectivity index (χ2n) is 3.09. The van der Waals surface area contributed by atoms with Gasteiger partial charge in [0.05, 0.1) is 0 Å². The Morgan fingerprint density at radius 2 is 2.20 bits per heavy atom. The van der Waals surface area contributed by atoms with Gasteiger partial charge >= 0.3 is 0 Å². The molecule has 0 aliphatic heterocycles. The minimum atomic E-state index is -0.437. The maximum Gasteiger partial charge on any atom is 0.160 e. The lowest BCUT2D eigenvalue weighted by atomic mass is 10.0. The number of carbonyl (C=O) groups is 2. The number of hydrogen-bond acceptors (Lipinski definition) is 2. The standard InChI is InChI=1S/C12H11FO2/c1-9(15)12-8-11(13)6-5-10(12)4-2-3-7-14/h2,4-8H,3H2,1H3. The van der Waals surface area contributed by atoms with Crippen LogP contribution in [0.2, 0.25) is 0 Å². The van der Waals surface area contributed by atoms with Crippen LogP contribution in [0, 0.1) is 5.82 Å². The van der Waals surface area contributed by atoms with Crippen molar-refractivity contribution in [2.75, 3.05) is 0 Å². The second-order valence-corrected chi connectivity index (χ2v) is 3.09. The van der Waals surface area contributed by atoms with Crippen LogP contribution < -0.4 is 0 Å². The minimum absolute atomic E-state index is 0.194. The molecule has 0 amide bonds. The molecule has 1 aromatic rings. The van der Waals surface area contributed by atoms with Crippen molar-refractivity contribution in [2.24, 2.45) is 0 Å². The van der Waals surface area contributed by atoms with Crippen molar-refractivity contribution in [3.05, 3.63) is 41.2 Å². The molecule has 0 atom stereocenters. The van der Waals surface area contributed by atoms with Crippen molar-refractivity contribution in [1.82, 2.24) is 0 Å². The fourth-order valence-electron chi connectivity index (χ4n) is 1.23. The van der Waals surface area contributed by atoms with Crippen molar-refractivity contribution in [3.8, 4) is 0 Å². The highest BCUT2D eigenvalue weighted by Crippen LogP contribution is 2.14. The molecule has 0 heterocycles. The Morgan fingerprint density at radius 1 is 1.47 bits per heavy atom. The van der Waals surface area contributed by atoms with E-state index in [4.69, 9.17) is 0 Å². The monoisotopic (exact) mass is 206 g/mol. The summed E-state index contributed by atoms with van der Waals surface area (Å²) in [6.07, 6.45) is 4.32. The van der Waals surface area contributed by atoms with E-state index in [1.807, 2.05) is 0 Å². The van der Waals surface area contributed by atoms with E-state index in [1.165, 1.54) is 25.1 Å². The first-order valence-electron chi connectivity index (χ1n) is 4.56. The smallest absolute Gasteiger partial charge is 0.160 e. The Bertz CT molecular complexity index is 408. The van der Waals surface area contributed by atoms with Gasteiger partial charge in [0.1, 0.15) is 12.1 Å². The first kappa shape index (κ1) is 11.3. The summed E-state index contributed by atoms with van der Waals surface area (Å²) in [5.74, 6) is -0.631. The third-order valence-electron chi connectivity index (χ3n) is 1.92. The van der Waals surface area contributed by atoms with E-state index in [0.29, 0.717) is 11.1 Å². The van der Waals surface area contributed by atoms with Gasteiger partial charge in [0.15, 0.2) is 5.78 Å². The molecule has 1 aromatic carbocycles. The van der Waals surface area contributed by atoms with Crippen molar-refractivity contribution >= 4 is 18.1 Å². The third kappa shape index (κ3) is 3.13. The Morgan fingerprint density at radius 3 is 2.80 bits per heavy atom. The summed E-state index contributed by atoms with van der Waals surface area (Å²) in [5.41, 5.74) is 0.961. The van der Waals surface area contributed by atoms with Gasteiger partial charge in [0.2, 0.25) is 0 Å². The van der Waals surface area contributed by atoms with Gasteiger partial charge in [-0.3, -0.25) is 4.79 Å². The first-order valence-corrected chi connectivity index (χ1v) is 4.56. The van der Waals surface area contributed by atoms with Crippen LogP contribution in [0.4, 0.5) is 4.39 Å². The zero-order chi connectivity index (χ0) is 11.3. The topological polar surface area (TPSA) is 34.1 Å². The van der Waals surface area contributed by atoms with Gasteiger partial charge in [0.25, 0.3) is 0 Å². The highest BCUT2D eigenvalue weighted by molar-refractivity contribution is 5.97. The summed E-state index contributed by atoms with van der Waals surface area (Å²) < 4.78 is 12.9. The lowest BCUT2D eigenvalue weighted by Gasteiger charge is -2.01. The van der Waals surface area contributed by atoms with Crippen molar-refractivity contribution in [2.45, 2.75) is 13.3 Å². The average Bonchev–Trinajstić information content (AvgIpc) is 2.20. The Kier molecular flexibility index (Phi) is 3.92. The van der Waals surface area contributed by atoms with Crippen molar-refractivity contribution < 1.29 is 14.0 Å². The lowest BCUT2D eigenvalue weighted by molar-refractivity contribution is -0.107. The van der Waals surface area contributed by atoms with Gasteiger partial charge in [-0.05, 0) is 24.6 Å². The number of ketones is 1. The number of allylic oxidation sites excluding steroid dienone is 1. The normalized spacial score (nSPS) is 10.5. The zero-order valence-corrected chi connectivity index (χ0v) is 8.37. The molecular formula is C12H11FO2. The van der Waals surface area contributed by atoms with Crippen molar-refractivity contribution in [3.63, 3.8) is 0 Å². The van der Waals surface area contributed by atoms with E-state index >= 15 is 0 Å². The number of halogens is 1. The summed E-state index contributed by atoms with van der Waals surface area (Å²) in [4.78, 5) is 21.3. The first-order chi connectivity index (χ1) is 7.15. The molecule has 0 N–H and O–H groups in total.